The summed E-state index contributed by atoms with van der Waals surface area (Å²) in [6, 6.07) is 5.49. The molecule has 0 aliphatic heterocycles. The number of carbonyl (C=O) groups is 1. The first-order valence-corrected chi connectivity index (χ1v) is 6.66. The Bertz CT molecular complexity index is 780. The number of methoxy groups -OCH3 is 1. The van der Waals surface area contributed by atoms with Crippen LogP contribution in [0.5, 0.6) is 0 Å². The Labute approximate surface area is 125 Å². The summed E-state index contributed by atoms with van der Waals surface area (Å²) in [4.78, 5) is 18.4. The lowest BCUT2D eigenvalue weighted by Gasteiger charge is -2.08. The highest BCUT2D eigenvalue weighted by atomic mass is 35.5. The quantitative estimate of drug-likeness (QED) is 0.780. The fourth-order valence-electron chi connectivity index (χ4n) is 2.18. The van der Waals surface area contributed by atoms with Gasteiger partial charge in [-0.1, -0.05) is 11.6 Å². The van der Waals surface area contributed by atoms with Gasteiger partial charge in [-0.05, 0) is 18.2 Å². The van der Waals surface area contributed by atoms with E-state index >= 15 is 0 Å². The van der Waals surface area contributed by atoms with Crippen LogP contribution in [0.2, 0.25) is 5.02 Å². The maximum absolute atomic E-state index is 11.3. The van der Waals surface area contributed by atoms with Gasteiger partial charge < -0.3 is 14.3 Å². The van der Waals surface area contributed by atoms with Crippen molar-refractivity contribution in [2.45, 2.75) is 6.54 Å². The van der Waals surface area contributed by atoms with Gasteiger partial charge in [0.1, 0.15) is 0 Å². The molecule has 1 amide bonds. The van der Waals surface area contributed by atoms with Gasteiger partial charge in [-0.25, -0.2) is 9.78 Å². The van der Waals surface area contributed by atoms with Crippen LogP contribution >= 0.6 is 11.6 Å². The molecule has 0 fully saturated rings. The molecule has 0 radical (unpaired) electrons. The van der Waals surface area contributed by atoms with E-state index in [1.54, 1.807) is 18.6 Å². The number of H-pyrrole nitrogens is 1. The van der Waals surface area contributed by atoms with Crippen molar-refractivity contribution in [3.8, 4) is 0 Å². The smallest absolute Gasteiger partial charge is 0.411 e. The van der Waals surface area contributed by atoms with E-state index in [0.717, 1.165) is 16.6 Å². The lowest BCUT2D eigenvalue weighted by molar-refractivity contribution is 0.187. The summed E-state index contributed by atoms with van der Waals surface area (Å²) in [5.41, 5.74) is 2.49. The number of anilines is 1. The molecule has 0 saturated heterocycles. The number of carbonyl (C=O) groups excluding carboxylic acids is 1. The predicted molar refractivity (Wildman–Crippen MR) is 80.7 cm³/mol. The Balaban J connectivity index is 2.00. The van der Waals surface area contributed by atoms with Crippen molar-refractivity contribution in [2.75, 3.05) is 12.4 Å². The average molecular weight is 305 g/mol. The third kappa shape index (κ3) is 2.71. The van der Waals surface area contributed by atoms with Crippen LogP contribution < -0.4 is 5.32 Å². The maximum atomic E-state index is 11.3. The first-order valence-electron chi connectivity index (χ1n) is 6.28. The Morgan fingerprint density at radius 1 is 1.52 bits per heavy atom. The minimum Gasteiger partial charge on any atom is -0.453 e. The summed E-state index contributed by atoms with van der Waals surface area (Å²) in [5, 5.41) is 4.12. The molecule has 1 aromatic carbocycles. The molecule has 0 atom stereocenters. The highest BCUT2D eigenvalue weighted by Crippen LogP contribution is 2.29. The summed E-state index contributed by atoms with van der Waals surface area (Å²) < 4.78 is 6.61. The minimum atomic E-state index is -0.530. The summed E-state index contributed by atoms with van der Waals surface area (Å²) >= 11 is 6.26. The van der Waals surface area contributed by atoms with E-state index in [9.17, 15) is 4.79 Å². The van der Waals surface area contributed by atoms with Gasteiger partial charge in [0.05, 0.1) is 36.2 Å². The number of aromatic amines is 1. The third-order valence-electron chi connectivity index (χ3n) is 3.17. The second kappa shape index (κ2) is 5.49. The van der Waals surface area contributed by atoms with Crippen LogP contribution in [0.1, 0.15) is 5.69 Å². The molecule has 0 unspecified atom stereocenters. The van der Waals surface area contributed by atoms with Crippen LogP contribution in [0.25, 0.3) is 10.9 Å². The summed E-state index contributed by atoms with van der Waals surface area (Å²) in [5.74, 6) is 0. The Hall–Kier alpha value is -2.47. The number of nitrogens with zero attached hydrogens (tertiary/aromatic N) is 2. The lowest BCUT2D eigenvalue weighted by Crippen LogP contribution is -2.11. The number of imidazole rings is 1. The topological polar surface area (TPSA) is 71.9 Å². The van der Waals surface area contributed by atoms with E-state index in [1.165, 1.54) is 7.11 Å². The van der Waals surface area contributed by atoms with Crippen molar-refractivity contribution in [3.63, 3.8) is 0 Å². The number of ether oxygens (including phenoxy) is 1. The Morgan fingerprint density at radius 3 is 3.10 bits per heavy atom. The number of fused-ring (bicyclic) bond motifs is 1. The van der Waals surface area contributed by atoms with Crippen LogP contribution in [0.15, 0.2) is 36.9 Å². The van der Waals surface area contributed by atoms with Gasteiger partial charge in [0.2, 0.25) is 0 Å². The second-order valence-electron chi connectivity index (χ2n) is 4.53. The molecule has 0 aliphatic carbocycles. The molecule has 108 valence electrons. The van der Waals surface area contributed by atoms with Crippen LogP contribution in [0.3, 0.4) is 0 Å². The van der Waals surface area contributed by atoms with Crippen molar-refractivity contribution in [1.29, 1.82) is 0 Å². The van der Waals surface area contributed by atoms with Gasteiger partial charge >= 0.3 is 6.09 Å². The number of nitrogens with one attached hydrogen (secondary N) is 2. The first kappa shape index (κ1) is 13.5. The van der Waals surface area contributed by atoms with E-state index in [4.69, 9.17) is 11.6 Å². The van der Waals surface area contributed by atoms with Gasteiger partial charge in [0.15, 0.2) is 0 Å². The monoisotopic (exact) mass is 304 g/mol. The molecule has 2 N–H and O–H groups in total. The SMILES string of the molecule is COC(=O)Nc1cc(Cl)c2ccn(Cc3cnc[nH]3)c2c1. The third-order valence-corrected chi connectivity index (χ3v) is 3.48. The molecule has 0 bridgehead atoms. The number of rotatable bonds is 3. The number of hydrogen-bond donors (Lipinski definition) is 2. The number of hydrogen-bond acceptors (Lipinski definition) is 3. The van der Waals surface area contributed by atoms with Crippen molar-refractivity contribution in [2.24, 2.45) is 0 Å². The molecule has 0 aliphatic rings. The second-order valence-corrected chi connectivity index (χ2v) is 4.94. The van der Waals surface area contributed by atoms with Gasteiger partial charge in [0, 0.05) is 23.5 Å². The number of benzene rings is 1. The Kier molecular flexibility index (Phi) is 3.53. The minimum absolute atomic E-state index is 0.530. The van der Waals surface area contributed by atoms with Gasteiger partial charge in [-0.3, -0.25) is 5.32 Å². The maximum Gasteiger partial charge on any atom is 0.411 e. The molecular weight excluding hydrogens is 292 g/mol. The lowest BCUT2D eigenvalue weighted by atomic mass is 10.2. The zero-order chi connectivity index (χ0) is 14.8. The molecule has 3 aromatic rings. The zero-order valence-corrected chi connectivity index (χ0v) is 12.0. The standard InChI is InChI=1S/C14H13ClN4O2/c1-21-14(20)18-9-4-12(15)11-2-3-19(13(11)5-9)7-10-6-16-8-17-10/h2-6,8H,7H2,1H3,(H,16,17)(H,18,20). The number of aromatic nitrogens is 3. The van der Waals surface area contributed by atoms with Crippen molar-refractivity contribution in [1.82, 2.24) is 14.5 Å². The molecule has 0 spiro atoms. The summed E-state index contributed by atoms with van der Waals surface area (Å²) in [6.07, 6.45) is 4.82. The zero-order valence-electron chi connectivity index (χ0n) is 11.3. The van der Waals surface area contributed by atoms with E-state index in [-0.39, 0.29) is 0 Å². The largest absolute Gasteiger partial charge is 0.453 e. The number of halogens is 1. The molecule has 2 aromatic heterocycles. The molecule has 21 heavy (non-hydrogen) atoms. The number of amides is 1. The predicted octanol–water partition coefficient (Wildman–Crippen LogP) is 3.24. The van der Waals surface area contributed by atoms with Gasteiger partial charge in [-0.15, -0.1) is 0 Å². The molecule has 0 saturated carbocycles. The molecule has 6 nitrogen and oxygen atoms in total. The molecule has 3 rings (SSSR count). The molecule has 7 heteroatoms. The fraction of sp³-hybridized carbons (Fsp3) is 0.143. The van der Waals surface area contributed by atoms with Crippen molar-refractivity contribution >= 4 is 34.3 Å². The fourth-order valence-corrected chi connectivity index (χ4v) is 2.46. The normalized spacial score (nSPS) is 10.8. The van der Waals surface area contributed by atoms with E-state index < -0.39 is 6.09 Å². The van der Waals surface area contributed by atoms with Crippen molar-refractivity contribution < 1.29 is 9.53 Å². The summed E-state index contributed by atoms with van der Waals surface area (Å²) in [6.45, 7) is 0.640. The Morgan fingerprint density at radius 2 is 2.38 bits per heavy atom. The highest BCUT2D eigenvalue weighted by Gasteiger charge is 2.10. The van der Waals surface area contributed by atoms with Gasteiger partial charge in [-0.2, -0.15) is 0 Å². The summed E-state index contributed by atoms with van der Waals surface area (Å²) in [7, 11) is 1.32. The van der Waals surface area contributed by atoms with E-state index in [1.807, 2.05) is 22.9 Å². The molecule has 2 heterocycles. The van der Waals surface area contributed by atoms with Crippen LogP contribution in [-0.4, -0.2) is 27.7 Å². The van der Waals surface area contributed by atoms with Crippen molar-refractivity contribution in [3.05, 3.63) is 47.6 Å². The van der Waals surface area contributed by atoms with Crippen LogP contribution in [0, 0.1) is 0 Å². The highest BCUT2D eigenvalue weighted by molar-refractivity contribution is 6.35. The van der Waals surface area contributed by atoms with E-state index in [2.05, 4.69) is 20.0 Å². The van der Waals surface area contributed by atoms with Gasteiger partial charge in [0.25, 0.3) is 0 Å². The van der Waals surface area contributed by atoms with E-state index in [0.29, 0.717) is 17.3 Å². The van der Waals surface area contributed by atoms with Crippen LogP contribution in [0.4, 0.5) is 10.5 Å². The first-order chi connectivity index (χ1) is 10.2. The average Bonchev–Trinajstić information content (AvgIpc) is 3.10. The molecular formula is C14H13ClN4O2. The van der Waals surface area contributed by atoms with Crippen LogP contribution in [-0.2, 0) is 11.3 Å².